The van der Waals surface area contributed by atoms with Crippen LogP contribution < -0.4 is 4.74 Å². The van der Waals surface area contributed by atoms with Crippen LogP contribution in [-0.2, 0) is 6.61 Å². The molecule has 0 aliphatic heterocycles. The highest BCUT2D eigenvalue weighted by Crippen LogP contribution is 2.09. The lowest BCUT2D eigenvalue weighted by Crippen LogP contribution is -2.04. The Morgan fingerprint density at radius 3 is 2.41 bits per heavy atom. The van der Waals surface area contributed by atoms with Crippen LogP contribution in [0.5, 0.6) is 5.75 Å². The monoisotopic (exact) mass is 230 g/mol. The van der Waals surface area contributed by atoms with Gasteiger partial charge in [0.1, 0.15) is 12.4 Å². The molecule has 5 nitrogen and oxygen atoms in total. The summed E-state index contributed by atoms with van der Waals surface area (Å²) in [5, 5.41) is 8.67. The van der Waals surface area contributed by atoms with Crippen LogP contribution in [0.4, 0.5) is 0 Å². The molecule has 1 heterocycles. The van der Waals surface area contributed by atoms with Gasteiger partial charge in [-0.25, -0.2) is 14.8 Å². The van der Waals surface area contributed by atoms with Gasteiger partial charge in [-0.3, -0.25) is 0 Å². The third-order valence-electron chi connectivity index (χ3n) is 2.06. The van der Waals surface area contributed by atoms with E-state index in [0.29, 0.717) is 5.82 Å². The molecule has 0 spiro atoms. The largest absolute Gasteiger partial charge is 0.486 e. The van der Waals surface area contributed by atoms with Crippen molar-refractivity contribution in [2.75, 3.05) is 0 Å². The van der Waals surface area contributed by atoms with Gasteiger partial charge >= 0.3 is 5.97 Å². The third kappa shape index (κ3) is 3.01. The molecule has 1 aromatic carbocycles. The number of rotatable bonds is 4. The van der Waals surface area contributed by atoms with E-state index >= 15 is 0 Å². The summed E-state index contributed by atoms with van der Waals surface area (Å²) in [7, 11) is 0. The minimum atomic E-state index is -1.04. The van der Waals surface area contributed by atoms with E-state index in [4.69, 9.17) is 9.84 Å². The van der Waals surface area contributed by atoms with Crippen LogP contribution in [0.15, 0.2) is 42.7 Å². The molecule has 86 valence electrons. The van der Waals surface area contributed by atoms with Crippen molar-refractivity contribution in [3.63, 3.8) is 0 Å². The maximum Gasteiger partial charge on any atom is 0.338 e. The summed E-state index contributed by atoms with van der Waals surface area (Å²) in [4.78, 5) is 18.4. The Morgan fingerprint density at radius 2 is 1.82 bits per heavy atom. The number of hydrogen-bond acceptors (Lipinski definition) is 4. The first-order chi connectivity index (χ1) is 8.25. The van der Waals surface area contributed by atoms with Crippen molar-refractivity contribution < 1.29 is 14.6 Å². The first-order valence-electron chi connectivity index (χ1n) is 4.98. The Morgan fingerprint density at radius 1 is 1.18 bits per heavy atom. The summed E-state index contributed by atoms with van der Waals surface area (Å²) in [5.74, 6) is 0.123. The second-order valence-corrected chi connectivity index (χ2v) is 3.29. The molecule has 0 saturated heterocycles. The molecule has 17 heavy (non-hydrogen) atoms. The number of para-hydroxylation sites is 1. The fraction of sp³-hybridized carbons (Fsp3) is 0.0833. The number of benzene rings is 1. The molecule has 0 aliphatic rings. The van der Waals surface area contributed by atoms with Crippen LogP contribution in [0.1, 0.15) is 16.2 Å². The summed E-state index contributed by atoms with van der Waals surface area (Å²) < 4.78 is 5.42. The van der Waals surface area contributed by atoms with Crippen molar-refractivity contribution in [1.29, 1.82) is 0 Å². The predicted molar refractivity (Wildman–Crippen MR) is 59.8 cm³/mol. The zero-order valence-corrected chi connectivity index (χ0v) is 8.91. The Kier molecular flexibility index (Phi) is 3.30. The summed E-state index contributed by atoms with van der Waals surface area (Å²) >= 11 is 0. The Labute approximate surface area is 97.7 Å². The highest BCUT2D eigenvalue weighted by Gasteiger charge is 2.04. The van der Waals surface area contributed by atoms with Crippen molar-refractivity contribution in [3.05, 3.63) is 54.1 Å². The van der Waals surface area contributed by atoms with Gasteiger partial charge in [-0.15, -0.1) is 0 Å². The van der Waals surface area contributed by atoms with E-state index in [9.17, 15) is 4.79 Å². The second kappa shape index (κ2) is 5.07. The van der Waals surface area contributed by atoms with Gasteiger partial charge in [0.15, 0.2) is 5.82 Å². The topological polar surface area (TPSA) is 72.3 Å². The molecular formula is C12H10N2O3. The zero-order valence-electron chi connectivity index (χ0n) is 8.91. The van der Waals surface area contributed by atoms with Crippen molar-refractivity contribution in [2.24, 2.45) is 0 Å². The fourth-order valence-corrected chi connectivity index (χ4v) is 1.20. The number of aromatic carboxylic acids is 1. The Hall–Kier alpha value is -2.43. The average molecular weight is 230 g/mol. The molecule has 0 aliphatic carbocycles. The number of carboxylic acids is 1. The van der Waals surface area contributed by atoms with Crippen molar-refractivity contribution in [2.45, 2.75) is 6.61 Å². The van der Waals surface area contributed by atoms with Crippen LogP contribution in [0.2, 0.25) is 0 Å². The van der Waals surface area contributed by atoms with Crippen molar-refractivity contribution in [3.8, 4) is 5.75 Å². The molecule has 5 heteroatoms. The van der Waals surface area contributed by atoms with Crippen molar-refractivity contribution in [1.82, 2.24) is 9.97 Å². The van der Waals surface area contributed by atoms with Crippen LogP contribution in [0, 0.1) is 0 Å². The second-order valence-electron chi connectivity index (χ2n) is 3.29. The third-order valence-corrected chi connectivity index (χ3v) is 2.06. The fourth-order valence-electron chi connectivity index (χ4n) is 1.20. The van der Waals surface area contributed by atoms with E-state index in [0.717, 1.165) is 5.75 Å². The molecule has 0 bridgehead atoms. The molecule has 0 saturated carbocycles. The van der Waals surface area contributed by atoms with E-state index in [2.05, 4.69) is 9.97 Å². The molecule has 1 aromatic heterocycles. The molecule has 0 amide bonds. The standard InChI is InChI=1S/C12H10N2O3/c15-12(16)9-6-13-11(14-7-9)8-17-10-4-2-1-3-5-10/h1-7H,8H2,(H,15,16). The van der Waals surface area contributed by atoms with E-state index in [1.807, 2.05) is 30.3 Å². The van der Waals surface area contributed by atoms with Crippen LogP contribution in [-0.4, -0.2) is 21.0 Å². The average Bonchev–Trinajstić information content (AvgIpc) is 2.38. The smallest absolute Gasteiger partial charge is 0.338 e. The van der Waals surface area contributed by atoms with Gasteiger partial charge in [-0.05, 0) is 12.1 Å². The highest BCUT2D eigenvalue weighted by molar-refractivity contribution is 5.86. The molecule has 0 fully saturated rings. The minimum absolute atomic E-state index is 0.0634. The summed E-state index contributed by atoms with van der Waals surface area (Å²) in [5.41, 5.74) is 0.0634. The quantitative estimate of drug-likeness (QED) is 0.866. The number of carbonyl (C=O) groups is 1. The SMILES string of the molecule is O=C(O)c1cnc(COc2ccccc2)nc1. The van der Waals surface area contributed by atoms with Gasteiger partial charge in [0.2, 0.25) is 0 Å². The number of carboxylic acid groups (broad SMARTS) is 1. The zero-order chi connectivity index (χ0) is 12.1. The van der Waals surface area contributed by atoms with Gasteiger partial charge < -0.3 is 9.84 Å². The lowest BCUT2D eigenvalue weighted by molar-refractivity contribution is 0.0695. The maximum absolute atomic E-state index is 10.6. The number of hydrogen-bond donors (Lipinski definition) is 1. The van der Waals surface area contributed by atoms with Crippen LogP contribution >= 0.6 is 0 Å². The molecular weight excluding hydrogens is 220 g/mol. The lowest BCUT2D eigenvalue weighted by atomic mass is 10.3. The van der Waals surface area contributed by atoms with Gasteiger partial charge in [-0.2, -0.15) is 0 Å². The summed E-state index contributed by atoms with van der Waals surface area (Å²) in [6.07, 6.45) is 2.53. The number of ether oxygens (including phenoxy) is 1. The first-order valence-corrected chi connectivity index (χ1v) is 4.98. The maximum atomic E-state index is 10.6. The van der Waals surface area contributed by atoms with Gasteiger partial charge in [-0.1, -0.05) is 18.2 Å². The molecule has 0 atom stereocenters. The van der Waals surface area contributed by atoms with Crippen molar-refractivity contribution >= 4 is 5.97 Å². The molecule has 1 N–H and O–H groups in total. The highest BCUT2D eigenvalue weighted by atomic mass is 16.5. The molecule has 0 radical (unpaired) electrons. The summed E-state index contributed by atoms with van der Waals surface area (Å²) in [6, 6.07) is 9.27. The summed E-state index contributed by atoms with van der Waals surface area (Å²) in [6.45, 7) is 0.212. The van der Waals surface area contributed by atoms with Crippen LogP contribution in [0.3, 0.4) is 0 Å². The van der Waals surface area contributed by atoms with E-state index in [1.54, 1.807) is 0 Å². The molecule has 2 rings (SSSR count). The van der Waals surface area contributed by atoms with E-state index < -0.39 is 5.97 Å². The Balaban J connectivity index is 1.98. The van der Waals surface area contributed by atoms with Gasteiger partial charge in [0.25, 0.3) is 0 Å². The van der Waals surface area contributed by atoms with E-state index in [-0.39, 0.29) is 12.2 Å². The number of nitrogens with zero attached hydrogens (tertiary/aromatic N) is 2. The molecule has 2 aromatic rings. The predicted octanol–water partition coefficient (Wildman–Crippen LogP) is 1.75. The van der Waals surface area contributed by atoms with E-state index in [1.165, 1.54) is 12.4 Å². The first kappa shape index (κ1) is 11.1. The van der Waals surface area contributed by atoms with Crippen LogP contribution in [0.25, 0.3) is 0 Å². The Bertz CT molecular complexity index is 497. The molecule has 0 unspecified atom stereocenters. The minimum Gasteiger partial charge on any atom is -0.486 e. The lowest BCUT2D eigenvalue weighted by Gasteiger charge is -2.04. The normalized spacial score (nSPS) is 9.88. The van der Waals surface area contributed by atoms with Gasteiger partial charge in [0, 0.05) is 12.4 Å². The van der Waals surface area contributed by atoms with Gasteiger partial charge in [0.05, 0.1) is 5.56 Å². The number of aromatic nitrogens is 2.